The van der Waals surface area contributed by atoms with Gasteiger partial charge in [0.2, 0.25) is 0 Å². The number of hydrogen-bond donors (Lipinski definition) is 2. The van der Waals surface area contributed by atoms with Crippen molar-refractivity contribution in [1.29, 1.82) is 0 Å². The van der Waals surface area contributed by atoms with Gasteiger partial charge in [-0.3, -0.25) is 0 Å². The summed E-state index contributed by atoms with van der Waals surface area (Å²) in [6.07, 6.45) is 1.93. The lowest BCUT2D eigenvalue weighted by atomic mass is 10.2. The summed E-state index contributed by atoms with van der Waals surface area (Å²) in [5.74, 6) is 0. The summed E-state index contributed by atoms with van der Waals surface area (Å²) in [7, 11) is 0. The lowest BCUT2D eigenvalue weighted by Crippen LogP contribution is -2.13. The van der Waals surface area contributed by atoms with Crippen LogP contribution in [0.5, 0.6) is 0 Å². The smallest absolute Gasteiger partial charge is 0.0846 e. The zero-order valence-electron chi connectivity index (χ0n) is 6.47. The molecule has 0 aromatic heterocycles. The maximum atomic E-state index is 6.00. The third kappa shape index (κ3) is 1.25. The van der Waals surface area contributed by atoms with Crippen LogP contribution in [0, 0.1) is 0 Å². The van der Waals surface area contributed by atoms with Crippen molar-refractivity contribution in [2.75, 3.05) is 6.67 Å². The molecule has 2 nitrogen and oxygen atoms in total. The lowest BCUT2D eigenvalue weighted by Gasteiger charge is -2.04. The van der Waals surface area contributed by atoms with Crippen LogP contribution in [0.3, 0.4) is 0 Å². The van der Waals surface area contributed by atoms with E-state index >= 15 is 0 Å². The Hall–Kier alpha value is -1.15. The maximum absolute atomic E-state index is 6.00. The molecular weight excluding hydrogens is 172 g/mol. The highest BCUT2D eigenvalue weighted by Gasteiger charge is 2.07. The second-order valence-electron chi connectivity index (χ2n) is 2.60. The van der Waals surface area contributed by atoms with Gasteiger partial charge < -0.3 is 10.6 Å². The minimum absolute atomic E-state index is 0.778. The van der Waals surface area contributed by atoms with Crippen molar-refractivity contribution >= 4 is 17.3 Å². The molecule has 1 aliphatic rings. The van der Waals surface area contributed by atoms with Gasteiger partial charge in [0.05, 0.1) is 12.4 Å². The monoisotopic (exact) mass is 180 g/mol. The Morgan fingerprint density at radius 3 is 2.75 bits per heavy atom. The molecule has 0 saturated carbocycles. The van der Waals surface area contributed by atoms with E-state index in [4.69, 9.17) is 11.6 Å². The third-order valence-electron chi connectivity index (χ3n) is 1.79. The SMILES string of the molecule is Clc1ccccc1C1=CNCN1. The van der Waals surface area contributed by atoms with Gasteiger partial charge in [0, 0.05) is 16.8 Å². The second-order valence-corrected chi connectivity index (χ2v) is 3.00. The van der Waals surface area contributed by atoms with E-state index in [1.165, 1.54) is 0 Å². The second kappa shape index (κ2) is 3.07. The summed E-state index contributed by atoms with van der Waals surface area (Å²) in [4.78, 5) is 0. The van der Waals surface area contributed by atoms with Crippen LogP contribution >= 0.6 is 11.6 Å². The molecule has 2 N–H and O–H groups in total. The van der Waals surface area contributed by atoms with Crippen LogP contribution in [-0.2, 0) is 0 Å². The number of benzene rings is 1. The Morgan fingerprint density at radius 2 is 2.08 bits per heavy atom. The fraction of sp³-hybridized carbons (Fsp3) is 0.111. The zero-order chi connectivity index (χ0) is 8.39. The molecule has 0 spiro atoms. The van der Waals surface area contributed by atoms with Crippen molar-refractivity contribution < 1.29 is 0 Å². The summed E-state index contributed by atoms with van der Waals surface area (Å²) in [6, 6.07) is 7.78. The molecule has 0 unspecified atom stereocenters. The average Bonchev–Trinajstić information content (AvgIpc) is 2.57. The number of rotatable bonds is 1. The minimum Gasteiger partial charge on any atom is -0.372 e. The molecule has 1 aromatic carbocycles. The molecular formula is C9H9ClN2. The summed E-state index contributed by atoms with van der Waals surface area (Å²) in [6.45, 7) is 0.778. The van der Waals surface area contributed by atoms with Crippen molar-refractivity contribution in [3.05, 3.63) is 41.1 Å². The van der Waals surface area contributed by atoms with Crippen molar-refractivity contribution in [3.8, 4) is 0 Å². The van der Waals surface area contributed by atoms with E-state index in [1.807, 2.05) is 30.5 Å². The highest BCUT2D eigenvalue weighted by Crippen LogP contribution is 2.21. The van der Waals surface area contributed by atoms with E-state index in [9.17, 15) is 0 Å². The van der Waals surface area contributed by atoms with Gasteiger partial charge in [-0.25, -0.2) is 0 Å². The lowest BCUT2D eigenvalue weighted by molar-refractivity contribution is 0.843. The zero-order valence-corrected chi connectivity index (χ0v) is 7.23. The van der Waals surface area contributed by atoms with Crippen LogP contribution < -0.4 is 10.6 Å². The van der Waals surface area contributed by atoms with E-state index in [1.54, 1.807) is 0 Å². The quantitative estimate of drug-likeness (QED) is 0.689. The van der Waals surface area contributed by atoms with E-state index < -0.39 is 0 Å². The largest absolute Gasteiger partial charge is 0.372 e. The highest BCUT2D eigenvalue weighted by molar-refractivity contribution is 6.32. The molecule has 0 atom stereocenters. The molecule has 0 fully saturated rings. The third-order valence-corrected chi connectivity index (χ3v) is 2.12. The minimum atomic E-state index is 0.778. The van der Waals surface area contributed by atoms with Gasteiger partial charge >= 0.3 is 0 Å². The fourth-order valence-corrected chi connectivity index (χ4v) is 1.44. The number of halogens is 1. The Kier molecular flexibility index (Phi) is 1.92. The van der Waals surface area contributed by atoms with Crippen molar-refractivity contribution in [2.24, 2.45) is 0 Å². The average molecular weight is 181 g/mol. The molecule has 0 aliphatic carbocycles. The van der Waals surface area contributed by atoms with Crippen molar-refractivity contribution in [1.82, 2.24) is 10.6 Å². The van der Waals surface area contributed by atoms with Crippen LogP contribution in [-0.4, -0.2) is 6.67 Å². The number of nitrogens with one attached hydrogen (secondary N) is 2. The van der Waals surface area contributed by atoms with Crippen LogP contribution in [0.25, 0.3) is 5.70 Å². The van der Waals surface area contributed by atoms with Gasteiger partial charge in [-0.2, -0.15) is 0 Å². The molecule has 1 heterocycles. The number of hydrogen-bond acceptors (Lipinski definition) is 2. The van der Waals surface area contributed by atoms with Crippen molar-refractivity contribution in [3.63, 3.8) is 0 Å². The van der Waals surface area contributed by atoms with Gasteiger partial charge in [0.1, 0.15) is 0 Å². The summed E-state index contributed by atoms with van der Waals surface area (Å²) in [5.41, 5.74) is 2.10. The van der Waals surface area contributed by atoms with E-state index in [2.05, 4.69) is 10.6 Å². The predicted molar refractivity (Wildman–Crippen MR) is 50.6 cm³/mol. The van der Waals surface area contributed by atoms with Gasteiger partial charge in [0.15, 0.2) is 0 Å². The topological polar surface area (TPSA) is 24.1 Å². The molecule has 0 radical (unpaired) electrons. The Morgan fingerprint density at radius 1 is 1.25 bits per heavy atom. The fourth-order valence-electron chi connectivity index (χ4n) is 1.20. The molecule has 3 heteroatoms. The predicted octanol–water partition coefficient (Wildman–Crippen LogP) is 1.79. The van der Waals surface area contributed by atoms with Crippen LogP contribution in [0.15, 0.2) is 30.5 Å². The van der Waals surface area contributed by atoms with E-state index in [0.717, 1.165) is 23.0 Å². The molecule has 12 heavy (non-hydrogen) atoms. The normalized spacial score (nSPS) is 14.9. The first-order chi connectivity index (χ1) is 5.88. The first-order valence-electron chi connectivity index (χ1n) is 3.80. The standard InChI is InChI=1S/C9H9ClN2/c10-8-4-2-1-3-7(8)9-5-11-6-12-9/h1-5,11-12H,6H2. The summed E-state index contributed by atoms with van der Waals surface area (Å²) in [5, 5.41) is 7.02. The molecule has 2 rings (SSSR count). The molecule has 0 amide bonds. The van der Waals surface area contributed by atoms with Gasteiger partial charge in [-0.15, -0.1) is 0 Å². The van der Waals surface area contributed by atoms with Gasteiger partial charge in [-0.05, 0) is 6.07 Å². The van der Waals surface area contributed by atoms with E-state index in [0.29, 0.717) is 0 Å². The maximum Gasteiger partial charge on any atom is 0.0846 e. The van der Waals surface area contributed by atoms with Crippen LogP contribution in [0.4, 0.5) is 0 Å². The van der Waals surface area contributed by atoms with Crippen molar-refractivity contribution in [2.45, 2.75) is 0 Å². The molecule has 62 valence electrons. The molecule has 0 saturated heterocycles. The van der Waals surface area contributed by atoms with E-state index in [-0.39, 0.29) is 0 Å². The first-order valence-corrected chi connectivity index (χ1v) is 4.18. The first kappa shape index (κ1) is 7.50. The van der Waals surface area contributed by atoms with Crippen LogP contribution in [0.2, 0.25) is 5.02 Å². The highest BCUT2D eigenvalue weighted by atomic mass is 35.5. The Labute approximate surface area is 76.2 Å². The summed E-state index contributed by atoms with van der Waals surface area (Å²) < 4.78 is 0. The molecule has 0 bridgehead atoms. The summed E-state index contributed by atoms with van der Waals surface area (Å²) >= 11 is 6.00. The molecule has 1 aromatic rings. The molecule has 1 aliphatic heterocycles. The van der Waals surface area contributed by atoms with Crippen LogP contribution in [0.1, 0.15) is 5.56 Å². The Balaban J connectivity index is 2.39. The van der Waals surface area contributed by atoms with Gasteiger partial charge in [0.25, 0.3) is 0 Å². The Bertz CT molecular complexity index is 320. The van der Waals surface area contributed by atoms with Gasteiger partial charge in [-0.1, -0.05) is 29.8 Å².